The van der Waals surface area contributed by atoms with E-state index in [1.54, 1.807) is 4.90 Å². The van der Waals surface area contributed by atoms with E-state index in [0.29, 0.717) is 19.0 Å². The molecule has 1 aliphatic rings. The number of nitrogens with zero attached hydrogens (tertiary/aromatic N) is 1. The van der Waals surface area contributed by atoms with Crippen molar-refractivity contribution in [3.8, 4) is 0 Å². The molecule has 2 heterocycles. The monoisotopic (exact) mass is 295 g/mol. The van der Waals surface area contributed by atoms with Crippen molar-refractivity contribution in [1.82, 2.24) is 4.90 Å². The maximum atomic E-state index is 12.0. The molecule has 20 heavy (non-hydrogen) atoms. The first-order valence-corrected chi connectivity index (χ1v) is 7.78. The largest absolute Gasteiger partial charge is 0.444 e. The van der Waals surface area contributed by atoms with E-state index in [4.69, 9.17) is 4.74 Å². The Labute approximate surface area is 123 Å². The minimum Gasteiger partial charge on any atom is -0.444 e. The predicted molar refractivity (Wildman–Crippen MR) is 79.5 cm³/mol. The molecule has 2 rings (SSSR count). The number of piperidine rings is 1. The number of amides is 1. The number of likely N-dealkylation sites (tertiary alicyclic amines) is 1. The summed E-state index contributed by atoms with van der Waals surface area (Å²) in [6.45, 7) is 7.07. The number of ether oxygens (including phenoxy) is 1. The lowest BCUT2D eigenvalue weighted by atomic mass is 9.91. The lowest BCUT2D eigenvalue weighted by Gasteiger charge is -2.33. The Morgan fingerprint density at radius 1 is 1.40 bits per heavy atom. The van der Waals surface area contributed by atoms with Gasteiger partial charge in [0.2, 0.25) is 0 Å². The predicted octanol–water partition coefficient (Wildman–Crippen LogP) is 3.68. The molecular formula is C15H21NO3S. The van der Waals surface area contributed by atoms with Crippen molar-refractivity contribution in [3.63, 3.8) is 0 Å². The molecule has 1 aromatic heterocycles. The number of carbonyl (C=O) groups excluding carboxylic acids is 2. The molecule has 1 aliphatic heterocycles. The van der Waals surface area contributed by atoms with Crippen molar-refractivity contribution in [2.24, 2.45) is 0 Å². The van der Waals surface area contributed by atoms with Gasteiger partial charge in [0.05, 0.1) is 4.88 Å². The molecule has 0 radical (unpaired) electrons. The van der Waals surface area contributed by atoms with Crippen LogP contribution in [0.3, 0.4) is 0 Å². The van der Waals surface area contributed by atoms with Gasteiger partial charge in [0.1, 0.15) is 5.60 Å². The topological polar surface area (TPSA) is 46.6 Å². The van der Waals surface area contributed by atoms with Crippen LogP contribution in [0.15, 0.2) is 11.4 Å². The third-order valence-electron chi connectivity index (χ3n) is 3.37. The van der Waals surface area contributed by atoms with Crippen LogP contribution >= 0.6 is 11.3 Å². The molecular weight excluding hydrogens is 274 g/mol. The molecule has 0 unspecified atom stereocenters. The molecule has 4 nitrogen and oxygen atoms in total. The maximum Gasteiger partial charge on any atom is 0.410 e. The number of hydrogen-bond donors (Lipinski definition) is 0. The molecule has 1 fully saturated rings. The summed E-state index contributed by atoms with van der Waals surface area (Å²) < 4.78 is 5.38. The minimum atomic E-state index is -0.444. The van der Waals surface area contributed by atoms with Crippen molar-refractivity contribution in [2.45, 2.75) is 45.1 Å². The van der Waals surface area contributed by atoms with Gasteiger partial charge in [0, 0.05) is 13.1 Å². The Balaban J connectivity index is 1.89. The second-order valence-corrected chi connectivity index (χ2v) is 7.08. The van der Waals surface area contributed by atoms with E-state index in [-0.39, 0.29) is 6.09 Å². The summed E-state index contributed by atoms with van der Waals surface area (Å²) in [6, 6.07) is 1.96. The maximum absolute atomic E-state index is 12.0. The van der Waals surface area contributed by atoms with Gasteiger partial charge in [-0.3, -0.25) is 4.79 Å². The molecule has 0 atom stereocenters. The summed E-state index contributed by atoms with van der Waals surface area (Å²) in [4.78, 5) is 25.2. The van der Waals surface area contributed by atoms with Gasteiger partial charge in [0.15, 0.2) is 6.29 Å². The van der Waals surface area contributed by atoms with Crippen LogP contribution in [0.5, 0.6) is 0 Å². The zero-order valence-corrected chi connectivity index (χ0v) is 13.0. The number of rotatable bonds is 2. The van der Waals surface area contributed by atoms with Gasteiger partial charge in [0.25, 0.3) is 0 Å². The number of thiophene rings is 1. The fourth-order valence-electron chi connectivity index (χ4n) is 2.37. The van der Waals surface area contributed by atoms with Crippen LogP contribution in [-0.4, -0.2) is 36.0 Å². The van der Waals surface area contributed by atoms with Crippen LogP contribution in [0.2, 0.25) is 0 Å². The zero-order valence-electron chi connectivity index (χ0n) is 12.2. The first-order chi connectivity index (χ1) is 9.39. The molecule has 0 N–H and O–H groups in total. The standard InChI is InChI=1S/C15H21NO3S/c1-15(2,3)19-14(18)16-6-4-11(5-7-16)12-8-13(9-17)20-10-12/h8-11H,4-7H2,1-3H3. The Morgan fingerprint density at radius 2 is 2.05 bits per heavy atom. The van der Waals surface area contributed by atoms with Crippen molar-refractivity contribution in [2.75, 3.05) is 13.1 Å². The van der Waals surface area contributed by atoms with E-state index in [2.05, 4.69) is 5.38 Å². The summed E-state index contributed by atoms with van der Waals surface area (Å²) in [5, 5.41) is 2.05. The Kier molecular flexibility index (Phi) is 4.48. The van der Waals surface area contributed by atoms with Gasteiger partial charge in [-0.15, -0.1) is 11.3 Å². The molecule has 1 aromatic rings. The highest BCUT2D eigenvalue weighted by Gasteiger charge is 2.27. The van der Waals surface area contributed by atoms with Crippen LogP contribution in [0.25, 0.3) is 0 Å². The number of carbonyl (C=O) groups is 2. The lowest BCUT2D eigenvalue weighted by molar-refractivity contribution is 0.0205. The van der Waals surface area contributed by atoms with Gasteiger partial charge >= 0.3 is 6.09 Å². The molecule has 0 aromatic carbocycles. The molecule has 5 heteroatoms. The highest BCUT2D eigenvalue weighted by molar-refractivity contribution is 7.11. The average molecular weight is 295 g/mol. The fraction of sp³-hybridized carbons (Fsp3) is 0.600. The Morgan fingerprint density at radius 3 is 2.55 bits per heavy atom. The third kappa shape index (κ3) is 3.82. The van der Waals surface area contributed by atoms with E-state index >= 15 is 0 Å². The van der Waals surface area contributed by atoms with E-state index < -0.39 is 5.60 Å². The molecule has 0 saturated carbocycles. The molecule has 110 valence electrons. The van der Waals surface area contributed by atoms with E-state index in [0.717, 1.165) is 24.0 Å². The molecule has 1 amide bonds. The molecule has 1 saturated heterocycles. The zero-order chi connectivity index (χ0) is 14.8. The van der Waals surface area contributed by atoms with Gasteiger partial charge in [-0.2, -0.15) is 0 Å². The van der Waals surface area contributed by atoms with Crippen molar-refractivity contribution < 1.29 is 14.3 Å². The number of aldehydes is 1. The van der Waals surface area contributed by atoms with Crippen molar-refractivity contribution in [1.29, 1.82) is 0 Å². The summed E-state index contributed by atoms with van der Waals surface area (Å²) in [7, 11) is 0. The third-order valence-corrected chi connectivity index (χ3v) is 4.25. The van der Waals surface area contributed by atoms with E-state index in [1.165, 1.54) is 16.9 Å². The molecule has 0 bridgehead atoms. The highest BCUT2D eigenvalue weighted by atomic mass is 32.1. The van der Waals surface area contributed by atoms with Crippen molar-refractivity contribution in [3.05, 3.63) is 21.9 Å². The van der Waals surface area contributed by atoms with Gasteiger partial charge < -0.3 is 9.64 Å². The fourth-order valence-corrected chi connectivity index (χ4v) is 3.16. The minimum absolute atomic E-state index is 0.227. The smallest absolute Gasteiger partial charge is 0.410 e. The van der Waals surface area contributed by atoms with Gasteiger partial charge in [-0.05, 0) is 56.5 Å². The summed E-state index contributed by atoms with van der Waals surface area (Å²) >= 11 is 1.48. The first-order valence-electron chi connectivity index (χ1n) is 6.90. The second kappa shape index (κ2) is 5.95. The highest BCUT2D eigenvalue weighted by Crippen LogP contribution is 2.31. The van der Waals surface area contributed by atoms with Crippen LogP contribution in [-0.2, 0) is 4.74 Å². The Bertz CT molecular complexity index is 482. The van der Waals surface area contributed by atoms with Crippen LogP contribution in [0.4, 0.5) is 4.79 Å². The summed E-state index contributed by atoms with van der Waals surface area (Å²) in [6.07, 6.45) is 2.52. The summed E-state index contributed by atoms with van der Waals surface area (Å²) in [5.74, 6) is 0.443. The SMILES string of the molecule is CC(C)(C)OC(=O)N1CCC(c2csc(C=O)c2)CC1. The van der Waals surface area contributed by atoms with Crippen LogP contribution in [0.1, 0.15) is 54.8 Å². The first kappa shape index (κ1) is 15.0. The quantitative estimate of drug-likeness (QED) is 0.782. The lowest BCUT2D eigenvalue weighted by Crippen LogP contribution is -2.41. The summed E-state index contributed by atoms with van der Waals surface area (Å²) in [5.41, 5.74) is 0.779. The van der Waals surface area contributed by atoms with Gasteiger partial charge in [-0.1, -0.05) is 0 Å². The Hall–Kier alpha value is -1.36. The number of hydrogen-bond acceptors (Lipinski definition) is 4. The molecule has 0 aliphatic carbocycles. The average Bonchev–Trinajstić information content (AvgIpc) is 2.85. The second-order valence-electron chi connectivity index (χ2n) is 6.14. The van der Waals surface area contributed by atoms with Crippen LogP contribution < -0.4 is 0 Å². The van der Waals surface area contributed by atoms with E-state index in [9.17, 15) is 9.59 Å². The normalized spacial score (nSPS) is 17.1. The van der Waals surface area contributed by atoms with E-state index in [1.807, 2.05) is 26.8 Å². The van der Waals surface area contributed by atoms with Crippen LogP contribution in [0, 0.1) is 0 Å². The molecule has 0 spiro atoms. The van der Waals surface area contributed by atoms with Crippen molar-refractivity contribution >= 4 is 23.7 Å². The van der Waals surface area contributed by atoms with Gasteiger partial charge in [-0.25, -0.2) is 4.79 Å².